The van der Waals surface area contributed by atoms with Crippen LogP contribution in [0.4, 0.5) is 8.78 Å². The van der Waals surface area contributed by atoms with Gasteiger partial charge in [-0.2, -0.15) is 0 Å². The fourth-order valence-corrected chi connectivity index (χ4v) is 4.74. The highest BCUT2D eigenvalue weighted by atomic mass is 32.2. The first kappa shape index (κ1) is 23.7. The quantitative estimate of drug-likeness (QED) is 0.266. The minimum Gasteiger partial charge on any atom is -0.348 e. The predicted octanol–water partition coefficient (Wildman–Crippen LogP) is 5.98. The summed E-state index contributed by atoms with van der Waals surface area (Å²) < 4.78 is 28.5. The zero-order chi connectivity index (χ0) is 24.9. The second-order valence-corrected chi connectivity index (χ2v) is 9.21. The Kier molecular flexibility index (Phi) is 7.04. The molecule has 3 aromatic carbocycles. The van der Waals surface area contributed by atoms with Crippen molar-refractivity contribution in [2.24, 2.45) is 0 Å². The van der Waals surface area contributed by atoms with Gasteiger partial charge in [0.2, 0.25) is 0 Å². The lowest BCUT2D eigenvalue weighted by Gasteiger charge is -2.10. The number of carbonyl (C=O) groups excluding carboxylic acids is 1. The van der Waals surface area contributed by atoms with Gasteiger partial charge in [-0.05, 0) is 59.2 Å². The van der Waals surface area contributed by atoms with Gasteiger partial charge in [0.15, 0.2) is 5.16 Å². The molecule has 0 bridgehead atoms. The number of fused-ring (bicyclic) bond motifs is 1. The molecule has 0 aliphatic heterocycles. The van der Waals surface area contributed by atoms with E-state index in [4.69, 9.17) is 4.98 Å². The van der Waals surface area contributed by atoms with E-state index in [-0.39, 0.29) is 17.5 Å². The summed E-state index contributed by atoms with van der Waals surface area (Å²) in [6.45, 7) is 0.883. The van der Waals surface area contributed by atoms with Gasteiger partial charge in [0.1, 0.15) is 11.6 Å². The molecular weight excluding hydrogens is 478 g/mol. The smallest absolute Gasteiger partial charge is 0.251 e. The Hall–Kier alpha value is -4.04. The number of hydrogen-bond acceptors (Lipinski definition) is 4. The number of benzene rings is 3. The summed E-state index contributed by atoms with van der Waals surface area (Å²) in [6, 6.07) is 21.8. The maximum Gasteiger partial charge on any atom is 0.251 e. The van der Waals surface area contributed by atoms with Crippen LogP contribution in [0.2, 0.25) is 0 Å². The number of imidazole rings is 1. The van der Waals surface area contributed by atoms with E-state index in [2.05, 4.69) is 14.9 Å². The molecule has 2 aromatic heterocycles. The number of nitrogens with one attached hydrogen (secondary N) is 1. The molecule has 2 heterocycles. The van der Waals surface area contributed by atoms with Crippen LogP contribution in [-0.4, -0.2) is 20.4 Å². The monoisotopic (exact) mass is 500 g/mol. The van der Waals surface area contributed by atoms with Crippen molar-refractivity contribution in [3.05, 3.63) is 125 Å². The standard InChI is InChI=1S/C28H22F2N4OS/c29-23-9-3-19(4-10-23)15-32-27(35)22-7-1-21(2-8-22)18-36-28-33-25-13-14-31-16-26(25)34(28)17-20-5-11-24(30)12-6-20/h1-14,16H,15,17-18H2,(H,32,35). The number of rotatable bonds is 8. The van der Waals surface area contributed by atoms with Crippen molar-refractivity contribution in [2.75, 3.05) is 0 Å². The Morgan fingerprint density at radius 3 is 2.17 bits per heavy atom. The van der Waals surface area contributed by atoms with Crippen LogP contribution in [0.5, 0.6) is 0 Å². The molecule has 5 nitrogen and oxygen atoms in total. The number of amides is 1. The highest BCUT2D eigenvalue weighted by Gasteiger charge is 2.13. The van der Waals surface area contributed by atoms with Crippen LogP contribution in [0.15, 0.2) is 96.4 Å². The van der Waals surface area contributed by atoms with E-state index in [1.165, 1.54) is 24.3 Å². The number of pyridine rings is 1. The van der Waals surface area contributed by atoms with Crippen molar-refractivity contribution in [1.82, 2.24) is 19.9 Å². The Bertz CT molecular complexity index is 1480. The van der Waals surface area contributed by atoms with Crippen molar-refractivity contribution in [3.8, 4) is 0 Å². The van der Waals surface area contributed by atoms with Gasteiger partial charge in [-0.1, -0.05) is 48.2 Å². The first-order valence-corrected chi connectivity index (χ1v) is 12.3. The minimum atomic E-state index is -0.304. The van der Waals surface area contributed by atoms with E-state index in [0.717, 1.165) is 32.9 Å². The normalized spacial score (nSPS) is 11.1. The van der Waals surface area contributed by atoms with E-state index in [0.29, 0.717) is 24.4 Å². The molecule has 0 fully saturated rings. The molecule has 1 N–H and O–H groups in total. The molecule has 1 amide bonds. The minimum absolute atomic E-state index is 0.188. The first-order valence-electron chi connectivity index (χ1n) is 11.3. The summed E-state index contributed by atoms with van der Waals surface area (Å²) in [6.07, 6.45) is 3.50. The van der Waals surface area contributed by atoms with E-state index >= 15 is 0 Å². The molecule has 0 aliphatic carbocycles. The van der Waals surface area contributed by atoms with Crippen molar-refractivity contribution in [1.29, 1.82) is 0 Å². The summed E-state index contributed by atoms with van der Waals surface area (Å²) >= 11 is 1.59. The van der Waals surface area contributed by atoms with Gasteiger partial charge in [0, 0.05) is 24.1 Å². The number of halogens is 2. The highest BCUT2D eigenvalue weighted by molar-refractivity contribution is 7.98. The Labute approximate surface area is 211 Å². The molecule has 5 aromatic rings. The molecule has 36 heavy (non-hydrogen) atoms. The van der Waals surface area contributed by atoms with Gasteiger partial charge in [-0.3, -0.25) is 9.78 Å². The van der Waals surface area contributed by atoms with E-state index in [9.17, 15) is 13.6 Å². The molecule has 0 saturated heterocycles. The zero-order valence-electron chi connectivity index (χ0n) is 19.2. The third kappa shape index (κ3) is 5.60. The zero-order valence-corrected chi connectivity index (χ0v) is 20.0. The number of carbonyl (C=O) groups is 1. The summed E-state index contributed by atoms with van der Waals surface area (Å²) in [4.78, 5) is 21.5. The Balaban J connectivity index is 1.25. The number of nitrogens with zero attached hydrogens (tertiary/aromatic N) is 3. The van der Waals surface area contributed by atoms with Gasteiger partial charge in [-0.15, -0.1) is 0 Å². The predicted molar refractivity (Wildman–Crippen MR) is 137 cm³/mol. The fraction of sp³-hybridized carbons (Fsp3) is 0.107. The van der Waals surface area contributed by atoms with Gasteiger partial charge >= 0.3 is 0 Å². The summed E-state index contributed by atoms with van der Waals surface area (Å²) in [5, 5.41) is 3.69. The van der Waals surface area contributed by atoms with Crippen molar-refractivity contribution >= 4 is 28.7 Å². The average Bonchev–Trinajstić information content (AvgIpc) is 3.25. The molecule has 0 aliphatic rings. The Morgan fingerprint density at radius 2 is 1.47 bits per heavy atom. The molecule has 5 rings (SSSR count). The maximum absolute atomic E-state index is 13.3. The van der Waals surface area contributed by atoms with Crippen LogP contribution < -0.4 is 5.32 Å². The van der Waals surface area contributed by atoms with Crippen molar-refractivity contribution in [3.63, 3.8) is 0 Å². The fourth-order valence-electron chi connectivity index (χ4n) is 3.77. The molecule has 0 saturated carbocycles. The third-order valence-electron chi connectivity index (χ3n) is 5.72. The average molecular weight is 501 g/mol. The number of hydrogen-bond donors (Lipinski definition) is 1. The topological polar surface area (TPSA) is 59.8 Å². The van der Waals surface area contributed by atoms with Crippen LogP contribution >= 0.6 is 11.8 Å². The van der Waals surface area contributed by atoms with E-state index in [1.807, 2.05) is 18.2 Å². The lowest BCUT2D eigenvalue weighted by molar-refractivity contribution is 0.0951. The van der Waals surface area contributed by atoms with Crippen molar-refractivity contribution in [2.45, 2.75) is 24.0 Å². The SMILES string of the molecule is O=C(NCc1ccc(F)cc1)c1ccc(CSc2nc3ccncc3n2Cc2ccc(F)cc2)cc1. The summed E-state index contributed by atoms with van der Waals surface area (Å²) in [5.41, 5.74) is 5.17. The Morgan fingerprint density at radius 1 is 0.833 bits per heavy atom. The van der Waals surface area contributed by atoms with Crippen LogP contribution in [0.1, 0.15) is 27.0 Å². The molecule has 0 radical (unpaired) electrons. The van der Waals surface area contributed by atoms with Gasteiger partial charge in [0.05, 0.1) is 23.8 Å². The second-order valence-electron chi connectivity index (χ2n) is 8.27. The second kappa shape index (κ2) is 10.7. The van der Waals surface area contributed by atoms with Crippen molar-refractivity contribution < 1.29 is 13.6 Å². The van der Waals surface area contributed by atoms with Crippen LogP contribution in [0.25, 0.3) is 11.0 Å². The molecule has 0 atom stereocenters. The molecule has 0 spiro atoms. The lowest BCUT2D eigenvalue weighted by Crippen LogP contribution is -2.22. The summed E-state index contributed by atoms with van der Waals surface area (Å²) in [7, 11) is 0. The maximum atomic E-state index is 13.3. The molecule has 180 valence electrons. The van der Waals surface area contributed by atoms with Gasteiger partial charge < -0.3 is 9.88 Å². The lowest BCUT2D eigenvalue weighted by atomic mass is 10.1. The van der Waals surface area contributed by atoms with Gasteiger partial charge in [0.25, 0.3) is 5.91 Å². The molecular formula is C28H22F2N4OS. The summed E-state index contributed by atoms with van der Waals surface area (Å²) in [5.74, 6) is -0.0936. The third-order valence-corrected chi connectivity index (χ3v) is 6.77. The van der Waals surface area contributed by atoms with Crippen LogP contribution in [0.3, 0.4) is 0 Å². The number of aromatic nitrogens is 3. The van der Waals surface area contributed by atoms with Crippen LogP contribution in [-0.2, 0) is 18.8 Å². The number of thioether (sulfide) groups is 1. The van der Waals surface area contributed by atoms with Gasteiger partial charge in [-0.25, -0.2) is 13.8 Å². The highest BCUT2D eigenvalue weighted by Crippen LogP contribution is 2.27. The molecule has 8 heteroatoms. The van der Waals surface area contributed by atoms with E-state index < -0.39 is 0 Å². The largest absolute Gasteiger partial charge is 0.348 e. The molecule has 0 unspecified atom stereocenters. The first-order chi connectivity index (χ1) is 17.5. The van der Waals surface area contributed by atoms with Crippen LogP contribution in [0, 0.1) is 11.6 Å². The van der Waals surface area contributed by atoms with E-state index in [1.54, 1.807) is 60.6 Å².